The first-order chi connectivity index (χ1) is 5.91. The molecule has 1 heteroatoms. The molecule has 0 aromatic rings. The fourth-order valence-electron chi connectivity index (χ4n) is 0.965. The van der Waals surface area contributed by atoms with E-state index in [1.807, 2.05) is 0 Å². The Morgan fingerprint density at radius 2 is 1.46 bits per heavy atom. The Bertz CT molecular complexity index is 125. The molecule has 0 rings (SSSR count). The molecule has 0 atom stereocenters. The highest BCUT2D eigenvalue weighted by molar-refractivity contribution is 4.83. The molecule has 0 saturated carbocycles. The lowest BCUT2D eigenvalue weighted by Crippen LogP contribution is -1.78. The third-order valence-corrected chi connectivity index (χ3v) is 1.67. The van der Waals surface area contributed by atoms with Crippen molar-refractivity contribution in [2.45, 2.75) is 46.5 Å². The molecular weight excluding hydrogens is 160 g/mol. The molecule has 0 unspecified atom stereocenters. The van der Waals surface area contributed by atoms with Crippen molar-refractivity contribution in [3.8, 4) is 0 Å². The number of rotatable bonds is 7. The number of allylic oxidation sites excluding steroid dienone is 4. The molecule has 1 nitrogen and oxygen atoms in total. The molecule has 0 saturated heterocycles. The molecule has 1 N–H and O–H groups in total. The zero-order chi connectivity index (χ0) is 9.07. The molecule has 0 fully saturated rings. The zero-order valence-electron chi connectivity index (χ0n) is 8.00. The molecule has 13 heavy (non-hydrogen) atoms. The second-order valence-electron chi connectivity index (χ2n) is 2.84. The first kappa shape index (κ1) is 14.9. The van der Waals surface area contributed by atoms with E-state index in [1.54, 1.807) is 0 Å². The third kappa shape index (κ3) is 14.3. The van der Waals surface area contributed by atoms with Gasteiger partial charge in [-0.25, -0.2) is 0 Å². The number of unbranched alkanes of at least 4 members (excludes halogenated alkanes) is 3. The highest BCUT2D eigenvalue weighted by atomic mass is 16.2. The van der Waals surface area contributed by atoms with Crippen LogP contribution in [0.1, 0.15) is 46.5 Å². The fourth-order valence-corrected chi connectivity index (χ4v) is 0.965. The Balaban J connectivity index is 0. The summed E-state index contributed by atoms with van der Waals surface area (Å²) in [6, 6.07) is 0. The van der Waals surface area contributed by atoms with Crippen LogP contribution < -0.4 is 0 Å². The second-order valence-corrected chi connectivity index (χ2v) is 2.84. The highest BCUT2D eigenvalue weighted by Gasteiger charge is 1.80. The predicted octanol–water partition coefficient (Wildman–Crippen LogP) is 3.70. The lowest BCUT2D eigenvalue weighted by Gasteiger charge is -1.90. The van der Waals surface area contributed by atoms with Crippen molar-refractivity contribution < 1.29 is 5.11 Å². The van der Waals surface area contributed by atoms with E-state index in [9.17, 15) is 0 Å². The minimum atomic E-state index is 0. The van der Waals surface area contributed by atoms with E-state index in [4.69, 9.17) is 5.11 Å². The maximum atomic E-state index is 8.50. The van der Waals surface area contributed by atoms with E-state index in [0.717, 1.165) is 19.3 Å². The summed E-state index contributed by atoms with van der Waals surface area (Å²) in [4.78, 5) is 0. The van der Waals surface area contributed by atoms with Crippen molar-refractivity contribution in [3.05, 3.63) is 24.3 Å². The summed E-state index contributed by atoms with van der Waals surface area (Å²) >= 11 is 0. The highest BCUT2D eigenvalue weighted by Crippen LogP contribution is 1.99. The molecule has 78 valence electrons. The minimum absolute atomic E-state index is 0. The summed E-state index contributed by atoms with van der Waals surface area (Å²) in [5.74, 6) is 0. The van der Waals surface area contributed by atoms with Gasteiger partial charge >= 0.3 is 0 Å². The Kier molecular flexibility index (Phi) is 16.1. The number of hydrogen-bond donors (Lipinski definition) is 1. The number of aliphatic hydroxyl groups is 1. The van der Waals surface area contributed by atoms with Crippen LogP contribution in [-0.2, 0) is 0 Å². The zero-order valence-corrected chi connectivity index (χ0v) is 8.00. The van der Waals surface area contributed by atoms with Crippen molar-refractivity contribution in [1.82, 2.24) is 0 Å². The van der Waals surface area contributed by atoms with Gasteiger partial charge in [0.1, 0.15) is 0 Å². The molecule has 0 heterocycles. The average Bonchev–Trinajstić information content (AvgIpc) is 2.10. The number of hydrogen-bond acceptors (Lipinski definition) is 1. The lowest BCUT2D eigenvalue weighted by atomic mass is 10.2. The van der Waals surface area contributed by atoms with E-state index in [0.29, 0.717) is 6.61 Å². The standard InChI is InChI=1S/C11H20O.CH4/c1-2-3-4-5-6-7-8-9-10-11-12;/h2-3,7-8,12H,4-6,9-11H2,1H3;1H4/b3-2-,8-7-;. The van der Waals surface area contributed by atoms with Crippen LogP contribution in [-0.4, -0.2) is 11.7 Å². The van der Waals surface area contributed by atoms with Crippen molar-refractivity contribution >= 4 is 0 Å². The fraction of sp³-hybridized carbons (Fsp3) is 0.667. The predicted molar refractivity (Wildman–Crippen MR) is 60.9 cm³/mol. The first-order valence-corrected chi connectivity index (χ1v) is 4.78. The molecule has 0 bridgehead atoms. The van der Waals surface area contributed by atoms with Crippen LogP contribution in [0.25, 0.3) is 0 Å². The topological polar surface area (TPSA) is 20.2 Å². The summed E-state index contributed by atoms with van der Waals surface area (Å²) in [5.41, 5.74) is 0. The molecular formula is C12H24O. The molecule has 0 spiro atoms. The minimum Gasteiger partial charge on any atom is -0.396 e. The smallest absolute Gasteiger partial charge is 0.0433 e. The first-order valence-electron chi connectivity index (χ1n) is 4.78. The molecule has 0 aromatic carbocycles. The second kappa shape index (κ2) is 14.0. The van der Waals surface area contributed by atoms with Crippen LogP contribution in [0, 0.1) is 0 Å². The van der Waals surface area contributed by atoms with Gasteiger partial charge in [0.2, 0.25) is 0 Å². The van der Waals surface area contributed by atoms with Crippen LogP contribution in [0.5, 0.6) is 0 Å². The normalized spacial score (nSPS) is 10.9. The van der Waals surface area contributed by atoms with E-state index in [2.05, 4.69) is 31.2 Å². The quantitative estimate of drug-likeness (QED) is 0.472. The molecule has 0 aromatic heterocycles. The maximum absolute atomic E-state index is 8.50. The van der Waals surface area contributed by atoms with Crippen molar-refractivity contribution in [3.63, 3.8) is 0 Å². The van der Waals surface area contributed by atoms with Gasteiger partial charge in [0.15, 0.2) is 0 Å². The Labute approximate surface area is 83.2 Å². The van der Waals surface area contributed by atoms with Crippen molar-refractivity contribution in [2.75, 3.05) is 6.61 Å². The molecule has 0 aliphatic rings. The summed E-state index contributed by atoms with van der Waals surface area (Å²) in [6.07, 6.45) is 14.1. The van der Waals surface area contributed by atoms with Gasteiger partial charge in [0, 0.05) is 6.61 Å². The van der Waals surface area contributed by atoms with Crippen LogP contribution in [0.4, 0.5) is 0 Å². The van der Waals surface area contributed by atoms with Gasteiger partial charge in [0.05, 0.1) is 0 Å². The molecule has 0 amide bonds. The van der Waals surface area contributed by atoms with Gasteiger partial charge in [-0.1, -0.05) is 31.7 Å². The van der Waals surface area contributed by atoms with E-state index in [-0.39, 0.29) is 7.43 Å². The summed E-state index contributed by atoms with van der Waals surface area (Å²) in [5, 5.41) is 8.50. The monoisotopic (exact) mass is 184 g/mol. The van der Waals surface area contributed by atoms with Crippen molar-refractivity contribution in [1.29, 1.82) is 0 Å². The SMILES string of the molecule is C.C/C=C\CCC/C=C\CCCO. The van der Waals surface area contributed by atoms with Crippen LogP contribution >= 0.6 is 0 Å². The summed E-state index contributed by atoms with van der Waals surface area (Å²) in [6.45, 7) is 2.36. The van der Waals surface area contributed by atoms with Gasteiger partial charge in [0.25, 0.3) is 0 Å². The summed E-state index contributed by atoms with van der Waals surface area (Å²) in [7, 11) is 0. The largest absolute Gasteiger partial charge is 0.396 e. The van der Waals surface area contributed by atoms with E-state index >= 15 is 0 Å². The van der Waals surface area contributed by atoms with Crippen LogP contribution in [0.15, 0.2) is 24.3 Å². The van der Waals surface area contributed by atoms with E-state index < -0.39 is 0 Å². The van der Waals surface area contributed by atoms with Crippen LogP contribution in [0.2, 0.25) is 0 Å². The average molecular weight is 184 g/mol. The molecule has 0 aliphatic heterocycles. The molecule has 0 aliphatic carbocycles. The van der Waals surface area contributed by atoms with Gasteiger partial charge in [-0.3, -0.25) is 0 Å². The Morgan fingerprint density at radius 1 is 0.923 bits per heavy atom. The van der Waals surface area contributed by atoms with E-state index in [1.165, 1.54) is 12.8 Å². The Hall–Kier alpha value is -0.560. The maximum Gasteiger partial charge on any atom is 0.0433 e. The van der Waals surface area contributed by atoms with Crippen LogP contribution in [0.3, 0.4) is 0 Å². The van der Waals surface area contributed by atoms with Gasteiger partial charge in [-0.05, 0) is 39.0 Å². The van der Waals surface area contributed by atoms with Gasteiger partial charge in [-0.15, -0.1) is 0 Å². The van der Waals surface area contributed by atoms with Gasteiger partial charge in [-0.2, -0.15) is 0 Å². The summed E-state index contributed by atoms with van der Waals surface area (Å²) < 4.78 is 0. The van der Waals surface area contributed by atoms with Gasteiger partial charge < -0.3 is 5.11 Å². The Morgan fingerprint density at radius 3 is 2.00 bits per heavy atom. The number of aliphatic hydroxyl groups excluding tert-OH is 1. The van der Waals surface area contributed by atoms with Crippen molar-refractivity contribution in [2.24, 2.45) is 0 Å². The molecule has 0 radical (unpaired) electrons. The lowest BCUT2D eigenvalue weighted by molar-refractivity contribution is 0.289. The third-order valence-electron chi connectivity index (χ3n) is 1.67.